The SMILES string of the molecule is Oc1ccccc1C=NNC(=S)N/N=C/c1ccccc1O. The van der Waals surface area contributed by atoms with E-state index in [-0.39, 0.29) is 16.6 Å². The molecule has 0 aromatic heterocycles. The third-order valence-electron chi connectivity index (χ3n) is 2.61. The summed E-state index contributed by atoms with van der Waals surface area (Å²) in [6.45, 7) is 0. The molecule has 7 heteroatoms. The highest BCUT2D eigenvalue weighted by Crippen LogP contribution is 2.13. The number of aromatic hydroxyl groups is 2. The van der Waals surface area contributed by atoms with Gasteiger partial charge in [-0.3, -0.25) is 10.9 Å². The predicted molar refractivity (Wildman–Crippen MR) is 90.3 cm³/mol. The maximum absolute atomic E-state index is 9.55. The number of phenolic OH excluding ortho intramolecular Hbond substituents is 2. The highest BCUT2D eigenvalue weighted by molar-refractivity contribution is 7.80. The fourth-order valence-corrected chi connectivity index (χ4v) is 1.64. The van der Waals surface area contributed by atoms with Gasteiger partial charge in [0.1, 0.15) is 11.5 Å². The molecule has 2 aromatic carbocycles. The molecule has 0 atom stereocenters. The molecule has 0 saturated heterocycles. The first-order valence-electron chi connectivity index (χ1n) is 6.35. The Bertz CT molecular complexity index is 657. The zero-order valence-corrected chi connectivity index (χ0v) is 12.3. The van der Waals surface area contributed by atoms with E-state index in [0.29, 0.717) is 11.1 Å². The van der Waals surface area contributed by atoms with Gasteiger partial charge in [-0.2, -0.15) is 10.2 Å². The monoisotopic (exact) mass is 314 g/mol. The summed E-state index contributed by atoms with van der Waals surface area (Å²) in [4.78, 5) is 0. The van der Waals surface area contributed by atoms with E-state index >= 15 is 0 Å². The van der Waals surface area contributed by atoms with Gasteiger partial charge >= 0.3 is 0 Å². The lowest BCUT2D eigenvalue weighted by Crippen LogP contribution is -2.28. The lowest BCUT2D eigenvalue weighted by Gasteiger charge is -2.02. The number of hydrogen-bond acceptors (Lipinski definition) is 5. The van der Waals surface area contributed by atoms with E-state index in [0.717, 1.165) is 0 Å². The van der Waals surface area contributed by atoms with Gasteiger partial charge < -0.3 is 10.2 Å². The van der Waals surface area contributed by atoms with Crippen LogP contribution in [0.1, 0.15) is 11.1 Å². The van der Waals surface area contributed by atoms with Crippen LogP contribution in [0.3, 0.4) is 0 Å². The van der Waals surface area contributed by atoms with Gasteiger partial charge in [-0.15, -0.1) is 0 Å². The van der Waals surface area contributed by atoms with Crippen molar-refractivity contribution in [2.75, 3.05) is 0 Å². The van der Waals surface area contributed by atoms with E-state index in [1.54, 1.807) is 48.5 Å². The van der Waals surface area contributed by atoms with Crippen LogP contribution in [0.5, 0.6) is 11.5 Å². The van der Waals surface area contributed by atoms with Gasteiger partial charge in [0, 0.05) is 11.1 Å². The Morgan fingerprint density at radius 3 is 1.64 bits per heavy atom. The summed E-state index contributed by atoms with van der Waals surface area (Å²) in [6.07, 6.45) is 2.88. The zero-order valence-electron chi connectivity index (χ0n) is 11.5. The van der Waals surface area contributed by atoms with Crippen LogP contribution in [0.2, 0.25) is 0 Å². The second-order valence-corrected chi connectivity index (χ2v) is 4.60. The molecule has 0 amide bonds. The topological polar surface area (TPSA) is 89.2 Å². The molecule has 2 rings (SSSR count). The fraction of sp³-hybridized carbons (Fsp3) is 0. The van der Waals surface area contributed by atoms with Crippen LogP contribution >= 0.6 is 12.2 Å². The Kier molecular flexibility index (Phi) is 5.44. The number of hydrogen-bond donors (Lipinski definition) is 4. The van der Waals surface area contributed by atoms with Crippen LogP contribution < -0.4 is 10.9 Å². The van der Waals surface area contributed by atoms with Crippen molar-refractivity contribution in [3.05, 3.63) is 59.7 Å². The van der Waals surface area contributed by atoms with Crippen molar-refractivity contribution >= 4 is 29.8 Å². The quantitative estimate of drug-likeness (QED) is 0.393. The van der Waals surface area contributed by atoms with Crippen molar-refractivity contribution in [3.8, 4) is 11.5 Å². The van der Waals surface area contributed by atoms with Crippen molar-refractivity contribution in [2.45, 2.75) is 0 Å². The molecule has 6 nitrogen and oxygen atoms in total. The Hall–Kier alpha value is -2.93. The van der Waals surface area contributed by atoms with E-state index < -0.39 is 0 Å². The number of para-hydroxylation sites is 2. The van der Waals surface area contributed by atoms with Crippen LogP contribution in [-0.4, -0.2) is 27.8 Å². The molecule has 0 aliphatic rings. The number of thiocarbonyl (C=S) groups is 1. The van der Waals surface area contributed by atoms with Crippen molar-refractivity contribution in [3.63, 3.8) is 0 Å². The number of nitrogens with zero attached hydrogens (tertiary/aromatic N) is 2. The first kappa shape index (κ1) is 15.5. The average molecular weight is 314 g/mol. The summed E-state index contributed by atoms with van der Waals surface area (Å²) in [5.41, 5.74) is 6.25. The molecule has 0 radical (unpaired) electrons. The largest absolute Gasteiger partial charge is 0.507 e. The van der Waals surface area contributed by atoms with E-state index in [1.807, 2.05) is 0 Å². The number of rotatable bonds is 4. The van der Waals surface area contributed by atoms with Crippen molar-refractivity contribution in [1.29, 1.82) is 0 Å². The van der Waals surface area contributed by atoms with E-state index in [4.69, 9.17) is 12.2 Å². The van der Waals surface area contributed by atoms with Crippen LogP contribution in [0.15, 0.2) is 58.7 Å². The highest BCUT2D eigenvalue weighted by Gasteiger charge is 1.96. The predicted octanol–water partition coefficient (Wildman–Crippen LogP) is 1.93. The fourth-order valence-electron chi connectivity index (χ4n) is 1.54. The second kappa shape index (κ2) is 7.75. The highest BCUT2D eigenvalue weighted by atomic mass is 32.1. The van der Waals surface area contributed by atoms with Crippen molar-refractivity contribution in [1.82, 2.24) is 10.9 Å². The lowest BCUT2D eigenvalue weighted by atomic mass is 10.2. The molecule has 0 aliphatic carbocycles. The second-order valence-electron chi connectivity index (χ2n) is 4.19. The smallest absolute Gasteiger partial charge is 0.207 e. The maximum Gasteiger partial charge on any atom is 0.207 e. The molecule has 0 saturated carbocycles. The van der Waals surface area contributed by atoms with Gasteiger partial charge in [0.15, 0.2) is 0 Å². The summed E-state index contributed by atoms with van der Waals surface area (Å²) >= 11 is 4.98. The molecular formula is C15H14N4O2S. The van der Waals surface area contributed by atoms with E-state index in [1.165, 1.54) is 12.4 Å². The molecule has 0 bridgehead atoms. The molecule has 22 heavy (non-hydrogen) atoms. The molecule has 0 heterocycles. The van der Waals surface area contributed by atoms with Gasteiger partial charge in [0.2, 0.25) is 5.11 Å². The Balaban J connectivity index is 1.84. The Morgan fingerprint density at radius 2 is 1.23 bits per heavy atom. The first-order valence-corrected chi connectivity index (χ1v) is 6.76. The van der Waals surface area contributed by atoms with Crippen LogP contribution in [0.25, 0.3) is 0 Å². The minimum atomic E-state index is 0.129. The number of nitrogens with one attached hydrogen (secondary N) is 2. The van der Waals surface area contributed by atoms with Gasteiger partial charge in [-0.25, -0.2) is 0 Å². The minimum Gasteiger partial charge on any atom is -0.507 e. The van der Waals surface area contributed by atoms with Crippen LogP contribution in [0, 0.1) is 0 Å². The molecule has 0 spiro atoms. The number of hydrazone groups is 2. The summed E-state index contributed by atoms with van der Waals surface area (Å²) in [5, 5.41) is 27.1. The van der Waals surface area contributed by atoms with E-state index in [9.17, 15) is 10.2 Å². The Morgan fingerprint density at radius 1 is 0.818 bits per heavy atom. The molecule has 0 fully saturated rings. The normalized spacial score (nSPS) is 10.9. The van der Waals surface area contributed by atoms with Crippen molar-refractivity contribution < 1.29 is 10.2 Å². The lowest BCUT2D eigenvalue weighted by molar-refractivity contribution is 0.474. The average Bonchev–Trinajstić information content (AvgIpc) is 2.51. The minimum absolute atomic E-state index is 0.129. The summed E-state index contributed by atoms with van der Waals surface area (Å²) in [5.74, 6) is 0.258. The van der Waals surface area contributed by atoms with Gasteiger partial charge in [-0.1, -0.05) is 24.3 Å². The molecule has 2 aromatic rings. The molecule has 112 valence electrons. The van der Waals surface area contributed by atoms with E-state index in [2.05, 4.69) is 21.1 Å². The van der Waals surface area contributed by atoms with Crippen LogP contribution in [0.4, 0.5) is 0 Å². The summed E-state index contributed by atoms with van der Waals surface area (Å²) in [7, 11) is 0. The van der Waals surface area contributed by atoms with Gasteiger partial charge in [0.05, 0.1) is 12.4 Å². The molecule has 0 unspecified atom stereocenters. The molecule has 4 N–H and O–H groups in total. The number of phenols is 2. The Labute approximate surface area is 132 Å². The molecule has 0 aliphatic heterocycles. The number of benzene rings is 2. The molecular weight excluding hydrogens is 300 g/mol. The summed E-state index contributed by atoms with van der Waals surface area (Å²) < 4.78 is 0. The standard InChI is InChI=1S/C15H14N4O2S/c20-13-7-3-1-5-11(13)9-16-18-15(22)19-17-10-12-6-2-4-8-14(12)21/h1-10,20-21H,(H2,18,19,22)/b16-9+,17-10?. The maximum atomic E-state index is 9.55. The van der Waals surface area contributed by atoms with Crippen LogP contribution in [-0.2, 0) is 0 Å². The first-order chi connectivity index (χ1) is 10.7. The van der Waals surface area contributed by atoms with Gasteiger partial charge in [-0.05, 0) is 36.5 Å². The third-order valence-corrected chi connectivity index (χ3v) is 2.80. The third kappa shape index (κ3) is 4.57. The van der Waals surface area contributed by atoms with Crippen molar-refractivity contribution in [2.24, 2.45) is 10.2 Å². The zero-order chi connectivity index (χ0) is 15.8. The van der Waals surface area contributed by atoms with Gasteiger partial charge in [0.25, 0.3) is 0 Å². The summed E-state index contributed by atoms with van der Waals surface area (Å²) in [6, 6.07) is 13.6.